The number of aromatic amines is 1. The SMILES string of the molecule is O=C(COc1ccc2c(c1)CCC2)N[C@H](Cc1ncc[nH]1)c1ccccc1. The number of fused-ring (bicyclic) bond motifs is 1. The molecule has 4 rings (SSSR count). The summed E-state index contributed by atoms with van der Waals surface area (Å²) in [7, 11) is 0. The van der Waals surface area contributed by atoms with Crippen molar-refractivity contribution in [3.63, 3.8) is 0 Å². The highest BCUT2D eigenvalue weighted by Crippen LogP contribution is 2.26. The number of nitrogens with one attached hydrogen (secondary N) is 2. The molecule has 1 heterocycles. The number of nitrogens with zero attached hydrogens (tertiary/aromatic N) is 1. The molecule has 3 aromatic rings. The molecule has 5 nitrogen and oxygen atoms in total. The summed E-state index contributed by atoms with van der Waals surface area (Å²) in [4.78, 5) is 19.9. The fourth-order valence-electron chi connectivity index (χ4n) is 3.56. The summed E-state index contributed by atoms with van der Waals surface area (Å²) in [5, 5.41) is 3.07. The first kappa shape index (κ1) is 17.3. The normalized spacial score (nSPS) is 13.8. The number of benzene rings is 2. The largest absolute Gasteiger partial charge is 0.484 e. The Labute approximate surface area is 158 Å². The highest BCUT2D eigenvalue weighted by Gasteiger charge is 2.17. The van der Waals surface area contributed by atoms with Crippen molar-refractivity contribution in [1.82, 2.24) is 15.3 Å². The van der Waals surface area contributed by atoms with Gasteiger partial charge in [-0.3, -0.25) is 4.79 Å². The molecule has 0 aliphatic heterocycles. The van der Waals surface area contributed by atoms with Gasteiger partial charge in [-0.1, -0.05) is 36.4 Å². The van der Waals surface area contributed by atoms with Gasteiger partial charge in [-0.15, -0.1) is 0 Å². The summed E-state index contributed by atoms with van der Waals surface area (Å²) < 4.78 is 5.73. The summed E-state index contributed by atoms with van der Waals surface area (Å²) in [6, 6.07) is 15.9. The lowest BCUT2D eigenvalue weighted by atomic mass is 10.0. The standard InChI is InChI=1S/C22H23N3O2/c26-22(15-27-19-10-9-16-7-4-8-18(16)13-19)25-20(14-21-23-11-12-24-21)17-5-2-1-3-6-17/h1-3,5-6,9-13,20H,4,7-8,14-15H2,(H,23,24)(H,25,26)/t20-/m1/s1. The molecule has 1 aromatic heterocycles. The average Bonchev–Trinajstić information content (AvgIpc) is 3.38. The lowest BCUT2D eigenvalue weighted by molar-refractivity contribution is -0.123. The first-order valence-electron chi connectivity index (χ1n) is 9.35. The van der Waals surface area contributed by atoms with Crippen molar-refractivity contribution in [1.29, 1.82) is 0 Å². The van der Waals surface area contributed by atoms with Gasteiger partial charge in [0.15, 0.2) is 6.61 Å². The predicted octanol–water partition coefficient (Wildman–Crippen LogP) is 3.38. The van der Waals surface area contributed by atoms with Crippen molar-refractivity contribution >= 4 is 5.91 Å². The van der Waals surface area contributed by atoms with Crippen molar-refractivity contribution in [2.45, 2.75) is 31.7 Å². The Morgan fingerprint density at radius 2 is 2.00 bits per heavy atom. The van der Waals surface area contributed by atoms with Gasteiger partial charge in [0.25, 0.3) is 5.91 Å². The van der Waals surface area contributed by atoms with Crippen LogP contribution in [0.4, 0.5) is 0 Å². The summed E-state index contributed by atoms with van der Waals surface area (Å²) >= 11 is 0. The molecule has 5 heteroatoms. The minimum absolute atomic E-state index is 0.000273. The highest BCUT2D eigenvalue weighted by molar-refractivity contribution is 5.78. The van der Waals surface area contributed by atoms with E-state index in [4.69, 9.17) is 4.74 Å². The molecule has 0 fully saturated rings. The molecule has 0 radical (unpaired) electrons. The van der Waals surface area contributed by atoms with Crippen molar-refractivity contribution in [3.05, 3.63) is 83.4 Å². The first-order chi connectivity index (χ1) is 13.3. The van der Waals surface area contributed by atoms with Gasteiger partial charge in [-0.2, -0.15) is 0 Å². The van der Waals surface area contributed by atoms with Crippen LogP contribution in [0.5, 0.6) is 5.75 Å². The van der Waals surface area contributed by atoms with Crippen LogP contribution >= 0.6 is 0 Å². The number of imidazole rings is 1. The fraction of sp³-hybridized carbons (Fsp3) is 0.273. The topological polar surface area (TPSA) is 67.0 Å². The van der Waals surface area contributed by atoms with Crippen LogP contribution in [-0.2, 0) is 24.1 Å². The van der Waals surface area contributed by atoms with Crippen LogP contribution in [-0.4, -0.2) is 22.5 Å². The number of ether oxygens (including phenoxy) is 1. The second kappa shape index (κ2) is 8.08. The number of H-pyrrole nitrogens is 1. The monoisotopic (exact) mass is 361 g/mol. The van der Waals surface area contributed by atoms with Gasteiger partial charge in [-0.05, 0) is 48.1 Å². The van der Waals surface area contributed by atoms with E-state index in [1.807, 2.05) is 36.4 Å². The summed E-state index contributed by atoms with van der Waals surface area (Å²) in [6.45, 7) is 0.000273. The van der Waals surface area contributed by atoms with E-state index in [1.165, 1.54) is 17.5 Å². The molecule has 0 spiro atoms. The molecule has 27 heavy (non-hydrogen) atoms. The number of rotatable bonds is 7. The molecule has 1 amide bonds. The third kappa shape index (κ3) is 4.37. The van der Waals surface area contributed by atoms with Crippen molar-refractivity contribution in [2.75, 3.05) is 6.61 Å². The maximum Gasteiger partial charge on any atom is 0.258 e. The molecule has 0 saturated heterocycles. The number of carbonyl (C=O) groups excluding carboxylic acids is 1. The van der Waals surface area contributed by atoms with Gasteiger partial charge in [0.1, 0.15) is 11.6 Å². The maximum atomic E-state index is 12.5. The van der Waals surface area contributed by atoms with Gasteiger partial charge in [0.05, 0.1) is 6.04 Å². The summed E-state index contributed by atoms with van der Waals surface area (Å²) in [6.07, 6.45) is 7.54. The zero-order chi connectivity index (χ0) is 18.5. The molecule has 138 valence electrons. The molecule has 1 aliphatic rings. The molecular weight excluding hydrogens is 338 g/mol. The Morgan fingerprint density at radius 1 is 1.15 bits per heavy atom. The van der Waals surface area contributed by atoms with E-state index in [0.29, 0.717) is 6.42 Å². The molecule has 1 aliphatic carbocycles. The Balaban J connectivity index is 1.39. The van der Waals surface area contributed by atoms with E-state index in [-0.39, 0.29) is 18.6 Å². The van der Waals surface area contributed by atoms with Gasteiger partial charge in [-0.25, -0.2) is 4.98 Å². The van der Waals surface area contributed by atoms with Crippen LogP contribution < -0.4 is 10.1 Å². The first-order valence-corrected chi connectivity index (χ1v) is 9.35. The fourth-order valence-corrected chi connectivity index (χ4v) is 3.56. The molecule has 2 aromatic carbocycles. The lowest BCUT2D eigenvalue weighted by Crippen LogP contribution is -2.34. The number of aromatic nitrogens is 2. The zero-order valence-electron chi connectivity index (χ0n) is 15.2. The number of carbonyl (C=O) groups is 1. The Kier molecular flexibility index (Phi) is 5.19. The van der Waals surface area contributed by atoms with Crippen LogP contribution in [0, 0.1) is 0 Å². The van der Waals surface area contributed by atoms with E-state index < -0.39 is 0 Å². The third-order valence-corrected chi connectivity index (χ3v) is 4.93. The van der Waals surface area contributed by atoms with Gasteiger partial charge >= 0.3 is 0 Å². The quantitative estimate of drug-likeness (QED) is 0.678. The van der Waals surface area contributed by atoms with E-state index in [1.54, 1.807) is 12.4 Å². The third-order valence-electron chi connectivity index (χ3n) is 4.93. The molecule has 2 N–H and O–H groups in total. The maximum absolute atomic E-state index is 12.5. The molecule has 0 unspecified atom stereocenters. The Bertz CT molecular complexity index is 891. The van der Waals surface area contributed by atoms with Crippen LogP contribution in [0.1, 0.15) is 35.0 Å². The van der Waals surface area contributed by atoms with Gasteiger partial charge in [0, 0.05) is 18.8 Å². The minimum Gasteiger partial charge on any atom is -0.484 e. The van der Waals surface area contributed by atoms with E-state index in [2.05, 4.69) is 27.4 Å². The van der Waals surface area contributed by atoms with Crippen LogP contribution in [0.25, 0.3) is 0 Å². The number of aryl methyl sites for hydroxylation is 2. The Hall–Kier alpha value is -3.08. The molecule has 0 saturated carbocycles. The van der Waals surface area contributed by atoms with E-state index in [9.17, 15) is 4.79 Å². The van der Waals surface area contributed by atoms with E-state index in [0.717, 1.165) is 30.0 Å². The molecule has 0 bridgehead atoms. The van der Waals surface area contributed by atoms with Gasteiger partial charge in [0.2, 0.25) is 0 Å². The van der Waals surface area contributed by atoms with E-state index >= 15 is 0 Å². The summed E-state index contributed by atoms with van der Waals surface area (Å²) in [5.41, 5.74) is 3.78. The van der Waals surface area contributed by atoms with Crippen molar-refractivity contribution < 1.29 is 9.53 Å². The molecule has 1 atom stereocenters. The average molecular weight is 361 g/mol. The van der Waals surface area contributed by atoms with Crippen LogP contribution in [0.15, 0.2) is 60.9 Å². The summed E-state index contributed by atoms with van der Waals surface area (Å²) in [5.74, 6) is 1.45. The smallest absolute Gasteiger partial charge is 0.258 e. The highest BCUT2D eigenvalue weighted by atomic mass is 16.5. The number of amides is 1. The zero-order valence-corrected chi connectivity index (χ0v) is 15.2. The van der Waals surface area contributed by atoms with Gasteiger partial charge < -0.3 is 15.0 Å². The Morgan fingerprint density at radius 3 is 2.81 bits per heavy atom. The number of hydrogen-bond donors (Lipinski definition) is 2. The molecular formula is C22H23N3O2. The number of hydrogen-bond acceptors (Lipinski definition) is 3. The van der Waals surface area contributed by atoms with Crippen molar-refractivity contribution in [2.24, 2.45) is 0 Å². The predicted molar refractivity (Wildman–Crippen MR) is 104 cm³/mol. The van der Waals surface area contributed by atoms with Crippen molar-refractivity contribution in [3.8, 4) is 5.75 Å². The van der Waals surface area contributed by atoms with Crippen LogP contribution in [0.3, 0.4) is 0 Å². The minimum atomic E-state index is -0.159. The second-order valence-electron chi connectivity index (χ2n) is 6.84. The lowest BCUT2D eigenvalue weighted by Gasteiger charge is -2.18. The van der Waals surface area contributed by atoms with Crippen LogP contribution in [0.2, 0.25) is 0 Å². The second-order valence-corrected chi connectivity index (χ2v) is 6.84.